The molecule has 1 aliphatic rings. The number of aromatic nitrogens is 4. The lowest BCUT2D eigenvalue weighted by atomic mass is 10.0. The second kappa shape index (κ2) is 9.79. The number of aliphatic hydroxyl groups excluding tert-OH is 1. The largest absolute Gasteiger partial charge is 0.394 e. The quantitative estimate of drug-likeness (QED) is 0.391. The normalized spacial score (nSPS) is 16.4. The van der Waals surface area contributed by atoms with Crippen LogP contribution < -0.4 is 15.5 Å². The standard InChI is InChI=1S/C26H31N7O/c1-18(2)33-17-29-23-24(30-26(31-25(23)33)32-13-12-27-15-22(32)16-34)28-14-19-8-10-21(11-9-19)20-6-4-3-5-7-20/h3-11,17-18,22,27,34H,12-16H2,1-2H3,(H,28,30,31). The lowest BCUT2D eigenvalue weighted by Gasteiger charge is -2.35. The second-order valence-corrected chi connectivity index (χ2v) is 8.94. The summed E-state index contributed by atoms with van der Waals surface area (Å²) >= 11 is 0. The van der Waals surface area contributed by atoms with Crippen molar-refractivity contribution in [3.63, 3.8) is 0 Å². The molecular formula is C26H31N7O. The summed E-state index contributed by atoms with van der Waals surface area (Å²) in [4.78, 5) is 16.5. The average Bonchev–Trinajstić information content (AvgIpc) is 3.32. The molecule has 1 atom stereocenters. The van der Waals surface area contributed by atoms with E-state index in [4.69, 9.17) is 9.97 Å². The van der Waals surface area contributed by atoms with Gasteiger partial charge in [0.2, 0.25) is 5.95 Å². The molecule has 1 unspecified atom stereocenters. The van der Waals surface area contributed by atoms with E-state index in [0.717, 1.165) is 29.8 Å². The third-order valence-corrected chi connectivity index (χ3v) is 6.30. The number of benzene rings is 2. The van der Waals surface area contributed by atoms with Crippen LogP contribution >= 0.6 is 0 Å². The zero-order chi connectivity index (χ0) is 23.5. The highest BCUT2D eigenvalue weighted by Crippen LogP contribution is 2.27. The maximum Gasteiger partial charge on any atom is 0.229 e. The molecule has 5 rings (SSSR count). The van der Waals surface area contributed by atoms with Crippen LogP contribution in [0, 0.1) is 0 Å². The van der Waals surface area contributed by atoms with Crippen molar-refractivity contribution in [3.8, 4) is 11.1 Å². The van der Waals surface area contributed by atoms with Crippen molar-refractivity contribution in [1.82, 2.24) is 24.8 Å². The Balaban J connectivity index is 1.44. The van der Waals surface area contributed by atoms with E-state index >= 15 is 0 Å². The highest BCUT2D eigenvalue weighted by atomic mass is 16.3. The molecule has 2 aromatic heterocycles. The average molecular weight is 458 g/mol. The fourth-order valence-electron chi connectivity index (χ4n) is 4.35. The maximum atomic E-state index is 9.89. The van der Waals surface area contributed by atoms with Gasteiger partial charge >= 0.3 is 0 Å². The summed E-state index contributed by atoms with van der Waals surface area (Å²) in [5.74, 6) is 1.33. The minimum Gasteiger partial charge on any atom is -0.394 e. The Labute approximate surface area is 199 Å². The topological polar surface area (TPSA) is 91.1 Å². The zero-order valence-electron chi connectivity index (χ0n) is 19.6. The van der Waals surface area contributed by atoms with Crippen molar-refractivity contribution >= 4 is 22.9 Å². The second-order valence-electron chi connectivity index (χ2n) is 8.94. The van der Waals surface area contributed by atoms with Crippen LogP contribution in [0.3, 0.4) is 0 Å². The lowest BCUT2D eigenvalue weighted by molar-refractivity contribution is 0.245. The van der Waals surface area contributed by atoms with Gasteiger partial charge in [-0.15, -0.1) is 0 Å². The van der Waals surface area contributed by atoms with E-state index in [1.165, 1.54) is 11.1 Å². The van der Waals surface area contributed by atoms with Crippen LogP contribution in [-0.2, 0) is 6.54 Å². The van der Waals surface area contributed by atoms with Crippen molar-refractivity contribution in [2.24, 2.45) is 0 Å². The Kier molecular flexibility index (Phi) is 6.42. The van der Waals surface area contributed by atoms with E-state index in [1.54, 1.807) is 0 Å². The molecule has 0 aliphatic carbocycles. The van der Waals surface area contributed by atoms with Crippen molar-refractivity contribution in [3.05, 3.63) is 66.5 Å². The van der Waals surface area contributed by atoms with Crippen molar-refractivity contribution in [2.75, 3.05) is 36.5 Å². The molecule has 0 bridgehead atoms. The number of fused-ring (bicyclic) bond motifs is 1. The number of anilines is 2. The maximum absolute atomic E-state index is 9.89. The van der Waals surface area contributed by atoms with Gasteiger partial charge < -0.3 is 25.2 Å². The molecule has 34 heavy (non-hydrogen) atoms. The number of hydrogen-bond donors (Lipinski definition) is 3. The first kappa shape index (κ1) is 22.3. The van der Waals surface area contributed by atoms with Crippen LogP contribution in [0.15, 0.2) is 60.9 Å². The molecule has 1 fully saturated rings. The van der Waals surface area contributed by atoms with Gasteiger partial charge in [0.15, 0.2) is 17.0 Å². The minimum absolute atomic E-state index is 0.0500. The molecule has 8 heteroatoms. The van der Waals surface area contributed by atoms with E-state index in [-0.39, 0.29) is 18.7 Å². The Morgan fingerprint density at radius 2 is 1.82 bits per heavy atom. The first-order chi connectivity index (χ1) is 16.6. The van der Waals surface area contributed by atoms with Gasteiger partial charge in [-0.05, 0) is 30.5 Å². The summed E-state index contributed by atoms with van der Waals surface area (Å²) in [6.07, 6.45) is 1.83. The van der Waals surface area contributed by atoms with Gasteiger partial charge in [-0.1, -0.05) is 54.6 Å². The molecule has 176 valence electrons. The molecule has 8 nitrogen and oxygen atoms in total. The van der Waals surface area contributed by atoms with Crippen molar-refractivity contribution in [1.29, 1.82) is 0 Å². The van der Waals surface area contributed by atoms with Gasteiger partial charge in [-0.2, -0.15) is 9.97 Å². The zero-order valence-corrected chi connectivity index (χ0v) is 19.6. The lowest BCUT2D eigenvalue weighted by Crippen LogP contribution is -2.53. The number of rotatable bonds is 7. The number of nitrogens with one attached hydrogen (secondary N) is 2. The molecule has 0 spiro atoms. The van der Waals surface area contributed by atoms with Gasteiger partial charge in [-0.3, -0.25) is 0 Å². The fraction of sp³-hybridized carbons (Fsp3) is 0.346. The van der Waals surface area contributed by atoms with Crippen LogP contribution in [0.5, 0.6) is 0 Å². The van der Waals surface area contributed by atoms with Crippen LogP contribution in [0.25, 0.3) is 22.3 Å². The van der Waals surface area contributed by atoms with E-state index < -0.39 is 0 Å². The molecule has 0 saturated carbocycles. The molecule has 1 saturated heterocycles. The molecule has 1 aliphatic heterocycles. The third kappa shape index (κ3) is 4.47. The first-order valence-corrected chi connectivity index (χ1v) is 11.8. The number of nitrogens with zero attached hydrogens (tertiary/aromatic N) is 5. The van der Waals surface area contributed by atoms with Gasteiger partial charge in [0, 0.05) is 32.2 Å². The summed E-state index contributed by atoms with van der Waals surface area (Å²) in [5, 5.41) is 16.7. The molecule has 3 N–H and O–H groups in total. The Morgan fingerprint density at radius 3 is 2.56 bits per heavy atom. The van der Waals surface area contributed by atoms with Crippen LogP contribution in [-0.4, -0.2) is 56.9 Å². The number of imidazole rings is 1. The van der Waals surface area contributed by atoms with Crippen LogP contribution in [0.4, 0.5) is 11.8 Å². The van der Waals surface area contributed by atoms with Crippen molar-refractivity contribution < 1.29 is 5.11 Å². The summed E-state index contributed by atoms with van der Waals surface area (Å²) in [5.41, 5.74) is 5.12. The summed E-state index contributed by atoms with van der Waals surface area (Å²) in [7, 11) is 0. The van der Waals surface area contributed by atoms with E-state index in [9.17, 15) is 5.11 Å². The number of piperazine rings is 1. The van der Waals surface area contributed by atoms with Crippen LogP contribution in [0.2, 0.25) is 0 Å². The minimum atomic E-state index is -0.0556. The third-order valence-electron chi connectivity index (χ3n) is 6.30. The Bertz CT molecular complexity index is 1240. The molecule has 0 radical (unpaired) electrons. The van der Waals surface area contributed by atoms with Gasteiger partial charge in [-0.25, -0.2) is 4.98 Å². The highest BCUT2D eigenvalue weighted by molar-refractivity contribution is 5.84. The van der Waals surface area contributed by atoms with E-state index in [2.05, 4.69) is 87.5 Å². The molecule has 4 aromatic rings. The Morgan fingerprint density at radius 1 is 1.06 bits per heavy atom. The van der Waals surface area contributed by atoms with E-state index in [1.807, 2.05) is 12.4 Å². The van der Waals surface area contributed by atoms with Crippen LogP contribution in [0.1, 0.15) is 25.5 Å². The smallest absolute Gasteiger partial charge is 0.229 e. The van der Waals surface area contributed by atoms with Gasteiger partial charge in [0.05, 0.1) is 19.0 Å². The fourth-order valence-corrected chi connectivity index (χ4v) is 4.35. The molecule has 2 aromatic carbocycles. The molecule has 0 amide bonds. The predicted octanol–water partition coefficient (Wildman–Crippen LogP) is 3.46. The van der Waals surface area contributed by atoms with E-state index in [0.29, 0.717) is 24.9 Å². The first-order valence-electron chi connectivity index (χ1n) is 11.8. The van der Waals surface area contributed by atoms with Gasteiger partial charge in [0.1, 0.15) is 0 Å². The number of hydrogen-bond acceptors (Lipinski definition) is 7. The van der Waals surface area contributed by atoms with Gasteiger partial charge in [0.25, 0.3) is 0 Å². The molecular weight excluding hydrogens is 426 g/mol. The predicted molar refractivity (Wildman–Crippen MR) is 136 cm³/mol. The highest BCUT2D eigenvalue weighted by Gasteiger charge is 2.26. The van der Waals surface area contributed by atoms with Crippen molar-refractivity contribution in [2.45, 2.75) is 32.5 Å². The number of aliphatic hydroxyl groups is 1. The summed E-state index contributed by atoms with van der Waals surface area (Å²) in [6, 6.07) is 19.1. The SMILES string of the molecule is CC(C)n1cnc2c(NCc3ccc(-c4ccccc4)cc3)nc(N3CCNCC3CO)nc21. The monoisotopic (exact) mass is 457 g/mol. The Hall–Kier alpha value is -3.49. The molecule has 3 heterocycles. The summed E-state index contributed by atoms with van der Waals surface area (Å²) in [6.45, 7) is 7.19. The summed E-state index contributed by atoms with van der Waals surface area (Å²) < 4.78 is 2.07.